The molecule has 0 spiro atoms. The zero-order valence-corrected chi connectivity index (χ0v) is 9.27. The van der Waals surface area contributed by atoms with Crippen molar-refractivity contribution in [3.8, 4) is 12.3 Å². The monoisotopic (exact) mass is 241 g/mol. The van der Waals surface area contributed by atoms with Crippen LogP contribution in [0, 0.1) is 29.8 Å². The Bertz CT molecular complexity index is 480. The number of amides is 1. The van der Waals surface area contributed by atoms with Crippen LogP contribution in [0.4, 0.5) is 13.2 Å². The lowest BCUT2D eigenvalue weighted by atomic mass is 10.1. The molecule has 0 aliphatic carbocycles. The van der Waals surface area contributed by atoms with E-state index in [1.807, 2.05) is 0 Å². The summed E-state index contributed by atoms with van der Waals surface area (Å²) in [6, 6.07) is 1.22. The van der Waals surface area contributed by atoms with Gasteiger partial charge < -0.3 is 5.32 Å². The van der Waals surface area contributed by atoms with Crippen LogP contribution in [0.5, 0.6) is 0 Å². The normalized spacial score (nSPS) is 10.8. The summed E-state index contributed by atoms with van der Waals surface area (Å²) >= 11 is 0. The van der Waals surface area contributed by atoms with Gasteiger partial charge in [0.05, 0.1) is 5.54 Å². The SMILES string of the molecule is C#CC(C)(C)NC(=O)c1cc(F)c(F)c(F)c1. The van der Waals surface area contributed by atoms with Crippen molar-refractivity contribution in [1.82, 2.24) is 5.32 Å². The lowest BCUT2D eigenvalue weighted by Crippen LogP contribution is -2.42. The van der Waals surface area contributed by atoms with Gasteiger partial charge in [-0.2, -0.15) is 0 Å². The zero-order chi connectivity index (χ0) is 13.2. The Balaban J connectivity index is 3.03. The first-order valence-corrected chi connectivity index (χ1v) is 4.71. The Hall–Kier alpha value is -1.96. The smallest absolute Gasteiger partial charge is 0.252 e. The molecule has 1 amide bonds. The van der Waals surface area contributed by atoms with Gasteiger partial charge in [0.2, 0.25) is 0 Å². The third-order valence-electron chi connectivity index (χ3n) is 2.03. The third-order valence-corrected chi connectivity index (χ3v) is 2.03. The van der Waals surface area contributed by atoms with Crippen molar-refractivity contribution < 1.29 is 18.0 Å². The maximum Gasteiger partial charge on any atom is 0.252 e. The van der Waals surface area contributed by atoms with Crippen LogP contribution in [-0.2, 0) is 0 Å². The van der Waals surface area contributed by atoms with Crippen molar-refractivity contribution >= 4 is 5.91 Å². The summed E-state index contributed by atoms with van der Waals surface area (Å²) in [5, 5.41) is 2.37. The molecule has 0 saturated carbocycles. The minimum atomic E-state index is -1.61. The van der Waals surface area contributed by atoms with Gasteiger partial charge in [0.1, 0.15) is 0 Å². The molecule has 5 heteroatoms. The van der Waals surface area contributed by atoms with E-state index in [1.54, 1.807) is 13.8 Å². The molecule has 0 bridgehead atoms. The Morgan fingerprint density at radius 1 is 1.29 bits per heavy atom. The molecule has 2 nitrogen and oxygen atoms in total. The van der Waals surface area contributed by atoms with E-state index in [2.05, 4.69) is 11.2 Å². The van der Waals surface area contributed by atoms with Crippen LogP contribution in [0.25, 0.3) is 0 Å². The van der Waals surface area contributed by atoms with E-state index in [-0.39, 0.29) is 5.56 Å². The van der Waals surface area contributed by atoms with E-state index in [0.717, 1.165) is 0 Å². The van der Waals surface area contributed by atoms with E-state index < -0.39 is 28.9 Å². The summed E-state index contributed by atoms with van der Waals surface area (Å²) in [7, 11) is 0. The minimum Gasteiger partial charge on any atom is -0.336 e. The maximum atomic E-state index is 12.9. The number of hydrogen-bond donors (Lipinski definition) is 1. The Kier molecular flexibility index (Phi) is 3.47. The lowest BCUT2D eigenvalue weighted by Gasteiger charge is -2.19. The second kappa shape index (κ2) is 4.50. The van der Waals surface area contributed by atoms with Gasteiger partial charge in [-0.25, -0.2) is 13.2 Å². The highest BCUT2D eigenvalue weighted by Gasteiger charge is 2.20. The molecule has 0 unspecified atom stereocenters. The molecule has 1 aromatic rings. The molecule has 0 atom stereocenters. The van der Waals surface area contributed by atoms with Crippen molar-refractivity contribution in [2.24, 2.45) is 0 Å². The number of rotatable bonds is 2. The number of halogens is 3. The van der Waals surface area contributed by atoms with Crippen LogP contribution in [0.1, 0.15) is 24.2 Å². The van der Waals surface area contributed by atoms with Crippen molar-refractivity contribution in [3.63, 3.8) is 0 Å². The summed E-state index contributed by atoms with van der Waals surface area (Å²) in [4.78, 5) is 11.6. The second-order valence-corrected chi connectivity index (χ2v) is 3.98. The van der Waals surface area contributed by atoms with Gasteiger partial charge in [0.25, 0.3) is 5.91 Å². The van der Waals surface area contributed by atoms with Crippen LogP contribution < -0.4 is 5.32 Å². The topological polar surface area (TPSA) is 29.1 Å². The highest BCUT2D eigenvalue weighted by molar-refractivity contribution is 5.94. The highest BCUT2D eigenvalue weighted by Crippen LogP contribution is 2.14. The van der Waals surface area contributed by atoms with Gasteiger partial charge in [-0.3, -0.25) is 4.79 Å². The molecular weight excluding hydrogens is 231 g/mol. The first-order chi connectivity index (χ1) is 7.76. The summed E-state index contributed by atoms with van der Waals surface area (Å²) in [6.07, 6.45) is 5.14. The van der Waals surface area contributed by atoms with Gasteiger partial charge >= 0.3 is 0 Å². The number of nitrogens with one attached hydrogen (secondary N) is 1. The molecule has 0 radical (unpaired) electrons. The molecule has 0 fully saturated rings. The van der Waals surface area contributed by atoms with Crippen LogP contribution in [-0.4, -0.2) is 11.4 Å². The summed E-state index contributed by atoms with van der Waals surface area (Å²) in [5.74, 6) is -2.94. The van der Waals surface area contributed by atoms with Gasteiger partial charge in [-0.05, 0) is 26.0 Å². The fourth-order valence-electron chi connectivity index (χ4n) is 1.08. The van der Waals surface area contributed by atoms with Gasteiger partial charge in [0, 0.05) is 5.56 Å². The average molecular weight is 241 g/mol. The predicted octanol–water partition coefficient (Wildman–Crippen LogP) is 2.25. The predicted molar refractivity (Wildman–Crippen MR) is 56.7 cm³/mol. The fraction of sp³-hybridized carbons (Fsp3) is 0.250. The van der Waals surface area contributed by atoms with Crippen LogP contribution in [0.3, 0.4) is 0 Å². The minimum absolute atomic E-state index is 0.329. The number of carbonyl (C=O) groups excluding carboxylic acids is 1. The van der Waals surface area contributed by atoms with Gasteiger partial charge in [0.15, 0.2) is 17.5 Å². The van der Waals surface area contributed by atoms with Crippen molar-refractivity contribution in [2.75, 3.05) is 0 Å². The number of hydrogen-bond acceptors (Lipinski definition) is 1. The Morgan fingerprint density at radius 2 is 1.76 bits per heavy atom. The maximum absolute atomic E-state index is 12.9. The quantitative estimate of drug-likeness (QED) is 0.624. The summed E-state index contributed by atoms with van der Waals surface area (Å²) < 4.78 is 38.4. The van der Waals surface area contributed by atoms with Crippen molar-refractivity contribution in [1.29, 1.82) is 0 Å². The van der Waals surface area contributed by atoms with Crippen LogP contribution in [0.15, 0.2) is 12.1 Å². The molecule has 0 aromatic heterocycles. The van der Waals surface area contributed by atoms with Crippen LogP contribution in [0.2, 0.25) is 0 Å². The first-order valence-electron chi connectivity index (χ1n) is 4.71. The second-order valence-electron chi connectivity index (χ2n) is 3.98. The summed E-state index contributed by atoms with van der Waals surface area (Å²) in [5.41, 5.74) is -1.29. The molecule has 17 heavy (non-hydrogen) atoms. The zero-order valence-electron chi connectivity index (χ0n) is 9.27. The largest absolute Gasteiger partial charge is 0.336 e. The highest BCUT2D eigenvalue weighted by atomic mass is 19.2. The Morgan fingerprint density at radius 3 is 2.18 bits per heavy atom. The number of carbonyl (C=O) groups is 1. The van der Waals surface area contributed by atoms with Gasteiger partial charge in [-0.1, -0.05) is 5.92 Å². The van der Waals surface area contributed by atoms with E-state index in [9.17, 15) is 18.0 Å². The molecule has 0 aliphatic heterocycles. The summed E-state index contributed by atoms with van der Waals surface area (Å²) in [6.45, 7) is 3.09. The van der Waals surface area contributed by atoms with E-state index in [0.29, 0.717) is 12.1 Å². The molecule has 1 rings (SSSR count). The standard InChI is InChI=1S/C12H10F3NO/c1-4-12(2,3)16-11(17)7-5-8(13)10(15)9(14)6-7/h1,5-6H,2-3H3,(H,16,17). The first kappa shape index (κ1) is 13.1. The molecular formula is C12H10F3NO. The lowest BCUT2D eigenvalue weighted by molar-refractivity contribution is 0.0928. The molecule has 0 saturated heterocycles. The van der Waals surface area contributed by atoms with Crippen molar-refractivity contribution in [2.45, 2.75) is 19.4 Å². The van der Waals surface area contributed by atoms with Crippen molar-refractivity contribution in [3.05, 3.63) is 35.1 Å². The molecule has 1 N–H and O–H groups in total. The Labute approximate surface area is 96.8 Å². The molecule has 1 aromatic carbocycles. The van der Waals surface area contributed by atoms with E-state index in [4.69, 9.17) is 6.42 Å². The number of terminal acetylenes is 1. The number of benzene rings is 1. The molecule has 90 valence electrons. The van der Waals surface area contributed by atoms with Crippen LogP contribution >= 0.6 is 0 Å². The van der Waals surface area contributed by atoms with E-state index in [1.165, 1.54) is 0 Å². The third kappa shape index (κ3) is 3.00. The average Bonchev–Trinajstić information content (AvgIpc) is 2.24. The van der Waals surface area contributed by atoms with E-state index >= 15 is 0 Å². The van der Waals surface area contributed by atoms with Gasteiger partial charge in [-0.15, -0.1) is 6.42 Å². The molecule has 0 aliphatic rings. The fourth-order valence-corrected chi connectivity index (χ4v) is 1.08. The molecule has 0 heterocycles.